The van der Waals surface area contributed by atoms with Crippen LogP contribution in [0.25, 0.3) is 10.9 Å². The average molecular weight is 342 g/mol. The third kappa shape index (κ3) is 3.09. The molecule has 0 radical (unpaired) electrons. The third-order valence-corrected chi connectivity index (χ3v) is 4.32. The van der Waals surface area contributed by atoms with Crippen molar-refractivity contribution in [2.75, 3.05) is 0 Å². The van der Waals surface area contributed by atoms with E-state index in [4.69, 9.17) is 4.74 Å². The molecule has 0 saturated carbocycles. The molecule has 4 aromatic rings. The Balaban J connectivity index is 1.75. The van der Waals surface area contributed by atoms with Crippen LogP contribution in [-0.2, 0) is 6.54 Å². The van der Waals surface area contributed by atoms with Crippen molar-refractivity contribution < 1.29 is 4.74 Å². The summed E-state index contributed by atoms with van der Waals surface area (Å²) in [4.78, 5) is 17.5. The van der Waals surface area contributed by atoms with Crippen LogP contribution in [0.1, 0.15) is 11.4 Å². The van der Waals surface area contributed by atoms with Crippen molar-refractivity contribution >= 4 is 10.9 Å². The standard InChI is InChI=1S/C22H18N2O2/c1-16-23-20-13-7-6-12-19(20)22(25)24(16)15-17-9-5-8-14-21(17)26-18-10-3-2-4-11-18/h2-14H,15H2,1H3. The Morgan fingerprint density at radius 1 is 0.885 bits per heavy atom. The first-order valence-electron chi connectivity index (χ1n) is 8.49. The fourth-order valence-corrected chi connectivity index (χ4v) is 2.99. The molecule has 0 fully saturated rings. The van der Waals surface area contributed by atoms with Crippen molar-refractivity contribution in [2.24, 2.45) is 0 Å². The molecule has 128 valence electrons. The summed E-state index contributed by atoms with van der Waals surface area (Å²) in [6.45, 7) is 2.26. The minimum atomic E-state index is -0.0392. The smallest absolute Gasteiger partial charge is 0.261 e. The summed E-state index contributed by atoms with van der Waals surface area (Å²) in [5.41, 5.74) is 1.61. The van der Waals surface area contributed by atoms with E-state index in [1.165, 1.54) is 0 Å². The number of ether oxygens (including phenoxy) is 1. The highest BCUT2D eigenvalue weighted by Crippen LogP contribution is 2.25. The van der Waals surface area contributed by atoms with Crippen LogP contribution in [0.3, 0.4) is 0 Å². The maximum absolute atomic E-state index is 12.9. The molecule has 0 atom stereocenters. The van der Waals surface area contributed by atoms with Crippen LogP contribution in [0.5, 0.6) is 11.5 Å². The van der Waals surface area contributed by atoms with Crippen molar-refractivity contribution in [1.82, 2.24) is 9.55 Å². The van der Waals surface area contributed by atoms with Gasteiger partial charge < -0.3 is 4.74 Å². The Labute approximate surface area is 151 Å². The summed E-state index contributed by atoms with van der Waals surface area (Å²) >= 11 is 0. The van der Waals surface area contributed by atoms with Gasteiger partial charge in [0.15, 0.2) is 0 Å². The van der Waals surface area contributed by atoms with Gasteiger partial charge >= 0.3 is 0 Å². The number of rotatable bonds is 4. The van der Waals surface area contributed by atoms with Gasteiger partial charge in [-0.2, -0.15) is 0 Å². The molecule has 0 aliphatic carbocycles. The van der Waals surface area contributed by atoms with E-state index in [2.05, 4.69) is 4.98 Å². The average Bonchev–Trinajstić information content (AvgIpc) is 2.67. The van der Waals surface area contributed by atoms with Crippen LogP contribution in [0, 0.1) is 6.92 Å². The van der Waals surface area contributed by atoms with Crippen LogP contribution >= 0.6 is 0 Å². The van der Waals surface area contributed by atoms with E-state index in [0.29, 0.717) is 17.8 Å². The van der Waals surface area contributed by atoms with Gasteiger partial charge in [-0.25, -0.2) is 4.98 Å². The number of aryl methyl sites for hydroxylation is 1. The fourth-order valence-electron chi connectivity index (χ4n) is 2.99. The Bertz CT molecular complexity index is 1120. The molecule has 4 heteroatoms. The normalized spacial score (nSPS) is 10.8. The molecule has 1 aromatic heterocycles. The Hall–Kier alpha value is -3.40. The van der Waals surface area contributed by atoms with Crippen molar-refractivity contribution in [2.45, 2.75) is 13.5 Å². The lowest BCUT2D eigenvalue weighted by atomic mass is 10.2. The number of aromatic nitrogens is 2. The number of nitrogens with zero attached hydrogens (tertiary/aromatic N) is 2. The second kappa shape index (κ2) is 6.84. The SMILES string of the molecule is Cc1nc2ccccc2c(=O)n1Cc1ccccc1Oc1ccccc1. The van der Waals surface area contributed by atoms with Crippen LogP contribution in [-0.4, -0.2) is 9.55 Å². The highest BCUT2D eigenvalue weighted by Gasteiger charge is 2.11. The number of fused-ring (bicyclic) bond motifs is 1. The predicted molar refractivity (Wildman–Crippen MR) is 103 cm³/mol. The quantitative estimate of drug-likeness (QED) is 0.547. The Morgan fingerprint density at radius 3 is 2.42 bits per heavy atom. The maximum atomic E-state index is 12.9. The second-order valence-corrected chi connectivity index (χ2v) is 6.09. The maximum Gasteiger partial charge on any atom is 0.261 e. The number of para-hydroxylation sites is 3. The molecule has 0 aliphatic heterocycles. The van der Waals surface area contributed by atoms with Crippen molar-refractivity contribution in [3.05, 3.63) is 101 Å². The van der Waals surface area contributed by atoms with E-state index in [1.54, 1.807) is 4.57 Å². The van der Waals surface area contributed by atoms with E-state index in [9.17, 15) is 4.79 Å². The molecule has 0 aliphatic rings. The zero-order chi connectivity index (χ0) is 17.9. The summed E-state index contributed by atoms with van der Waals surface area (Å²) in [6, 6.07) is 24.8. The van der Waals surface area contributed by atoms with E-state index >= 15 is 0 Å². The molecule has 26 heavy (non-hydrogen) atoms. The van der Waals surface area contributed by atoms with Crippen molar-refractivity contribution in [1.29, 1.82) is 0 Å². The summed E-state index contributed by atoms with van der Waals surface area (Å²) < 4.78 is 7.70. The Kier molecular flexibility index (Phi) is 4.23. The first-order chi connectivity index (χ1) is 12.7. The van der Waals surface area contributed by atoms with Crippen LogP contribution in [0.2, 0.25) is 0 Å². The van der Waals surface area contributed by atoms with E-state index in [1.807, 2.05) is 85.8 Å². The minimum Gasteiger partial charge on any atom is -0.457 e. The van der Waals surface area contributed by atoms with Gasteiger partial charge in [-0.05, 0) is 37.3 Å². The lowest BCUT2D eigenvalue weighted by Crippen LogP contribution is -2.24. The number of hydrogen-bond donors (Lipinski definition) is 0. The highest BCUT2D eigenvalue weighted by molar-refractivity contribution is 5.77. The van der Waals surface area contributed by atoms with Gasteiger partial charge in [-0.3, -0.25) is 9.36 Å². The van der Waals surface area contributed by atoms with Gasteiger partial charge in [-0.15, -0.1) is 0 Å². The molecule has 0 N–H and O–H groups in total. The van der Waals surface area contributed by atoms with Crippen LogP contribution in [0.15, 0.2) is 83.7 Å². The molecule has 4 rings (SSSR count). The van der Waals surface area contributed by atoms with Gasteiger partial charge in [0.05, 0.1) is 17.4 Å². The monoisotopic (exact) mass is 342 g/mol. The topological polar surface area (TPSA) is 44.1 Å². The van der Waals surface area contributed by atoms with Gasteiger partial charge in [0.1, 0.15) is 17.3 Å². The van der Waals surface area contributed by atoms with Gasteiger partial charge in [-0.1, -0.05) is 48.5 Å². The minimum absolute atomic E-state index is 0.0392. The predicted octanol–water partition coefficient (Wildman–Crippen LogP) is 4.55. The van der Waals surface area contributed by atoms with E-state index < -0.39 is 0 Å². The highest BCUT2D eigenvalue weighted by atomic mass is 16.5. The lowest BCUT2D eigenvalue weighted by molar-refractivity contribution is 0.473. The molecule has 3 aromatic carbocycles. The second-order valence-electron chi connectivity index (χ2n) is 6.09. The third-order valence-electron chi connectivity index (χ3n) is 4.32. The summed E-state index contributed by atoms with van der Waals surface area (Å²) in [7, 11) is 0. The first kappa shape index (κ1) is 16.1. The zero-order valence-corrected chi connectivity index (χ0v) is 14.4. The van der Waals surface area contributed by atoms with Crippen molar-refractivity contribution in [3.8, 4) is 11.5 Å². The molecule has 1 heterocycles. The van der Waals surface area contributed by atoms with Crippen LogP contribution in [0.4, 0.5) is 0 Å². The fraction of sp³-hybridized carbons (Fsp3) is 0.0909. The summed E-state index contributed by atoms with van der Waals surface area (Å²) in [5, 5.41) is 0.625. The molecular formula is C22H18N2O2. The molecule has 0 saturated heterocycles. The molecule has 0 amide bonds. The zero-order valence-electron chi connectivity index (χ0n) is 14.4. The summed E-state index contributed by atoms with van der Waals surface area (Å²) in [6.07, 6.45) is 0. The molecular weight excluding hydrogens is 324 g/mol. The lowest BCUT2D eigenvalue weighted by Gasteiger charge is -2.14. The molecule has 0 spiro atoms. The van der Waals surface area contributed by atoms with E-state index in [0.717, 1.165) is 22.6 Å². The van der Waals surface area contributed by atoms with E-state index in [-0.39, 0.29) is 5.56 Å². The number of hydrogen-bond acceptors (Lipinski definition) is 3. The number of benzene rings is 3. The molecule has 4 nitrogen and oxygen atoms in total. The summed E-state index contributed by atoms with van der Waals surface area (Å²) in [5.74, 6) is 2.18. The van der Waals surface area contributed by atoms with Crippen LogP contribution < -0.4 is 10.3 Å². The largest absolute Gasteiger partial charge is 0.457 e. The Morgan fingerprint density at radius 2 is 1.58 bits per heavy atom. The first-order valence-corrected chi connectivity index (χ1v) is 8.49. The van der Waals surface area contributed by atoms with Crippen molar-refractivity contribution in [3.63, 3.8) is 0 Å². The molecule has 0 unspecified atom stereocenters. The van der Waals surface area contributed by atoms with Gasteiger partial charge in [0.2, 0.25) is 0 Å². The van der Waals surface area contributed by atoms with Gasteiger partial charge in [0, 0.05) is 5.56 Å². The molecule has 0 bridgehead atoms. The van der Waals surface area contributed by atoms with Gasteiger partial charge in [0.25, 0.3) is 5.56 Å².